The number of aromatic amines is 1. The minimum Gasteiger partial charge on any atom is -0.350 e. The first-order valence-electron chi connectivity index (χ1n) is 7.10. The molecule has 0 saturated heterocycles. The van der Waals surface area contributed by atoms with Gasteiger partial charge in [-0.2, -0.15) is 0 Å². The molecule has 116 valence electrons. The molecule has 3 rings (SSSR count). The van der Waals surface area contributed by atoms with Crippen molar-refractivity contribution < 1.29 is 9.72 Å². The Hall–Kier alpha value is -3.15. The minimum absolute atomic E-state index is 0.0632. The lowest BCUT2D eigenvalue weighted by molar-refractivity contribution is -0.384. The van der Waals surface area contributed by atoms with Crippen LogP contribution in [0.2, 0.25) is 0 Å². The fourth-order valence-corrected chi connectivity index (χ4v) is 2.56. The van der Waals surface area contributed by atoms with Crippen molar-refractivity contribution in [2.75, 3.05) is 5.32 Å². The molecule has 6 nitrogen and oxygen atoms in total. The first-order chi connectivity index (χ1) is 11.0. The van der Waals surface area contributed by atoms with Crippen molar-refractivity contribution in [3.05, 3.63) is 69.4 Å². The van der Waals surface area contributed by atoms with E-state index < -0.39 is 4.92 Å². The molecule has 1 aromatic heterocycles. The Morgan fingerprint density at radius 1 is 1.17 bits per heavy atom. The van der Waals surface area contributed by atoms with Gasteiger partial charge in [-0.3, -0.25) is 14.9 Å². The number of carbonyl (C=O) groups is 1. The molecule has 0 fully saturated rings. The SMILES string of the molecule is Cc1ccc2[nH]c(C(=O)Nc3cccc([N+](=O)[O-])c3)c(C)c2c1. The second kappa shape index (κ2) is 5.57. The summed E-state index contributed by atoms with van der Waals surface area (Å²) in [7, 11) is 0. The van der Waals surface area contributed by atoms with Gasteiger partial charge in [0.25, 0.3) is 11.6 Å². The molecule has 0 saturated carbocycles. The van der Waals surface area contributed by atoms with Gasteiger partial charge in [-0.05, 0) is 37.6 Å². The number of nitro benzene ring substituents is 1. The number of amides is 1. The zero-order chi connectivity index (χ0) is 16.6. The summed E-state index contributed by atoms with van der Waals surface area (Å²) in [6.07, 6.45) is 0. The Labute approximate surface area is 132 Å². The van der Waals surface area contributed by atoms with Crippen molar-refractivity contribution in [3.8, 4) is 0 Å². The van der Waals surface area contributed by atoms with Crippen LogP contribution in [0.1, 0.15) is 21.6 Å². The third-order valence-corrected chi connectivity index (χ3v) is 3.76. The number of nitrogens with one attached hydrogen (secondary N) is 2. The van der Waals surface area contributed by atoms with Crippen LogP contribution < -0.4 is 5.32 Å². The number of rotatable bonds is 3. The van der Waals surface area contributed by atoms with Crippen molar-refractivity contribution in [1.29, 1.82) is 0 Å². The van der Waals surface area contributed by atoms with Crippen LogP contribution in [0.5, 0.6) is 0 Å². The van der Waals surface area contributed by atoms with Crippen LogP contribution in [0.15, 0.2) is 42.5 Å². The van der Waals surface area contributed by atoms with E-state index >= 15 is 0 Å². The number of non-ortho nitro benzene ring substituents is 1. The molecule has 2 N–H and O–H groups in total. The fourth-order valence-electron chi connectivity index (χ4n) is 2.56. The molecule has 0 atom stereocenters. The van der Waals surface area contributed by atoms with Crippen LogP contribution in [-0.2, 0) is 0 Å². The maximum Gasteiger partial charge on any atom is 0.272 e. The largest absolute Gasteiger partial charge is 0.350 e. The first kappa shape index (κ1) is 14.8. The lowest BCUT2D eigenvalue weighted by atomic mass is 10.1. The van der Waals surface area contributed by atoms with E-state index in [1.54, 1.807) is 6.07 Å². The Kier molecular flexibility index (Phi) is 3.57. The Balaban J connectivity index is 1.93. The predicted molar refractivity (Wildman–Crippen MR) is 88.8 cm³/mol. The summed E-state index contributed by atoms with van der Waals surface area (Å²) in [6, 6.07) is 11.8. The molecule has 0 aliphatic rings. The number of benzene rings is 2. The van der Waals surface area contributed by atoms with Gasteiger partial charge in [-0.25, -0.2) is 0 Å². The first-order valence-corrected chi connectivity index (χ1v) is 7.10. The quantitative estimate of drug-likeness (QED) is 0.567. The Bertz CT molecular complexity index is 928. The van der Waals surface area contributed by atoms with E-state index in [0.717, 1.165) is 22.0 Å². The van der Waals surface area contributed by atoms with E-state index in [1.165, 1.54) is 18.2 Å². The molecule has 0 unspecified atom stereocenters. The van der Waals surface area contributed by atoms with Gasteiger partial charge in [0.1, 0.15) is 5.69 Å². The number of fused-ring (bicyclic) bond motifs is 1. The molecule has 6 heteroatoms. The molecule has 0 aliphatic carbocycles. The van der Waals surface area contributed by atoms with Gasteiger partial charge in [0, 0.05) is 28.7 Å². The van der Waals surface area contributed by atoms with Gasteiger partial charge in [0.05, 0.1) is 4.92 Å². The number of H-pyrrole nitrogens is 1. The van der Waals surface area contributed by atoms with Gasteiger partial charge >= 0.3 is 0 Å². The third kappa shape index (κ3) is 2.78. The van der Waals surface area contributed by atoms with Crippen molar-refractivity contribution >= 4 is 28.2 Å². The summed E-state index contributed by atoms with van der Waals surface area (Å²) in [5, 5.41) is 14.5. The summed E-state index contributed by atoms with van der Waals surface area (Å²) >= 11 is 0. The van der Waals surface area contributed by atoms with Crippen molar-refractivity contribution in [2.24, 2.45) is 0 Å². The zero-order valence-corrected chi connectivity index (χ0v) is 12.7. The number of aryl methyl sites for hydroxylation is 2. The normalized spacial score (nSPS) is 10.7. The van der Waals surface area contributed by atoms with Crippen molar-refractivity contribution in [1.82, 2.24) is 4.98 Å². The topological polar surface area (TPSA) is 88.0 Å². The monoisotopic (exact) mass is 309 g/mol. The minimum atomic E-state index is -0.493. The van der Waals surface area contributed by atoms with Gasteiger partial charge in [-0.1, -0.05) is 17.7 Å². The smallest absolute Gasteiger partial charge is 0.272 e. The average molecular weight is 309 g/mol. The van der Waals surface area contributed by atoms with Crippen LogP contribution in [-0.4, -0.2) is 15.8 Å². The molecule has 23 heavy (non-hydrogen) atoms. The van der Waals surface area contributed by atoms with Crippen LogP contribution in [0.4, 0.5) is 11.4 Å². The van der Waals surface area contributed by atoms with Crippen LogP contribution in [0, 0.1) is 24.0 Å². The highest BCUT2D eigenvalue weighted by molar-refractivity contribution is 6.08. The molecule has 0 radical (unpaired) electrons. The average Bonchev–Trinajstić information content (AvgIpc) is 2.84. The maximum atomic E-state index is 12.5. The number of hydrogen-bond acceptors (Lipinski definition) is 3. The van der Waals surface area contributed by atoms with Crippen molar-refractivity contribution in [3.63, 3.8) is 0 Å². The number of aromatic nitrogens is 1. The Morgan fingerprint density at radius 3 is 2.70 bits per heavy atom. The number of anilines is 1. The molecule has 1 heterocycles. The third-order valence-electron chi connectivity index (χ3n) is 3.76. The standard InChI is InChI=1S/C17H15N3O3/c1-10-6-7-15-14(8-10)11(2)16(19-15)17(21)18-12-4-3-5-13(9-12)20(22)23/h3-9,19H,1-2H3,(H,18,21). The van der Waals surface area contributed by atoms with Crippen LogP contribution >= 0.6 is 0 Å². The zero-order valence-electron chi connectivity index (χ0n) is 12.7. The summed E-state index contributed by atoms with van der Waals surface area (Å²) < 4.78 is 0. The van der Waals surface area contributed by atoms with E-state index in [4.69, 9.17) is 0 Å². The number of hydrogen-bond donors (Lipinski definition) is 2. The summed E-state index contributed by atoms with van der Waals surface area (Å²) in [5.41, 5.74) is 3.64. The lowest BCUT2D eigenvalue weighted by Crippen LogP contribution is -2.13. The molecular weight excluding hydrogens is 294 g/mol. The maximum absolute atomic E-state index is 12.5. The fraction of sp³-hybridized carbons (Fsp3) is 0.118. The van der Waals surface area contributed by atoms with E-state index in [0.29, 0.717) is 11.4 Å². The number of nitrogens with zero attached hydrogens (tertiary/aromatic N) is 1. The highest BCUT2D eigenvalue weighted by Gasteiger charge is 2.16. The highest BCUT2D eigenvalue weighted by atomic mass is 16.6. The molecule has 3 aromatic rings. The number of carbonyl (C=O) groups excluding carboxylic acids is 1. The van der Waals surface area contributed by atoms with E-state index in [9.17, 15) is 14.9 Å². The van der Waals surface area contributed by atoms with E-state index in [-0.39, 0.29) is 11.6 Å². The predicted octanol–water partition coefficient (Wildman–Crippen LogP) is 3.95. The molecule has 0 bridgehead atoms. The molecule has 1 amide bonds. The lowest BCUT2D eigenvalue weighted by Gasteiger charge is -2.04. The summed E-state index contributed by atoms with van der Waals surface area (Å²) in [5.74, 6) is -0.322. The molecule has 2 aromatic carbocycles. The summed E-state index contributed by atoms with van der Waals surface area (Å²) in [6.45, 7) is 3.87. The van der Waals surface area contributed by atoms with E-state index in [1.807, 2.05) is 32.0 Å². The second-order valence-corrected chi connectivity index (χ2v) is 5.44. The molecular formula is C17H15N3O3. The number of nitro groups is 1. The Morgan fingerprint density at radius 2 is 1.96 bits per heavy atom. The molecule has 0 spiro atoms. The van der Waals surface area contributed by atoms with Gasteiger partial charge < -0.3 is 10.3 Å². The van der Waals surface area contributed by atoms with E-state index in [2.05, 4.69) is 10.3 Å². The van der Waals surface area contributed by atoms with Crippen LogP contribution in [0.3, 0.4) is 0 Å². The summed E-state index contributed by atoms with van der Waals surface area (Å²) in [4.78, 5) is 25.9. The van der Waals surface area contributed by atoms with Crippen LogP contribution in [0.25, 0.3) is 10.9 Å². The van der Waals surface area contributed by atoms with Gasteiger partial charge in [0.2, 0.25) is 0 Å². The second-order valence-electron chi connectivity index (χ2n) is 5.44. The van der Waals surface area contributed by atoms with Gasteiger partial charge in [-0.15, -0.1) is 0 Å². The van der Waals surface area contributed by atoms with Crippen molar-refractivity contribution in [2.45, 2.75) is 13.8 Å². The molecule has 0 aliphatic heterocycles. The van der Waals surface area contributed by atoms with Gasteiger partial charge in [0.15, 0.2) is 0 Å². The highest BCUT2D eigenvalue weighted by Crippen LogP contribution is 2.24.